The van der Waals surface area contributed by atoms with E-state index in [0.29, 0.717) is 17.8 Å². The zero-order valence-corrected chi connectivity index (χ0v) is 15.7. The lowest BCUT2D eigenvalue weighted by Crippen LogP contribution is -2.49. The number of rotatable bonds is 4. The summed E-state index contributed by atoms with van der Waals surface area (Å²) in [5.41, 5.74) is 1.18. The number of thioether (sulfide) groups is 1. The minimum atomic E-state index is -0.312. The van der Waals surface area contributed by atoms with Crippen molar-refractivity contribution in [2.45, 2.75) is 50.4 Å². The molecular weight excluding hydrogens is 320 g/mol. The van der Waals surface area contributed by atoms with Crippen molar-refractivity contribution in [3.8, 4) is 0 Å². The molecule has 1 aliphatic heterocycles. The van der Waals surface area contributed by atoms with Crippen LogP contribution in [0.3, 0.4) is 0 Å². The van der Waals surface area contributed by atoms with Gasteiger partial charge in [0, 0.05) is 19.3 Å². The number of aliphatic hydroxyl groups is 1. The Bertz CT molecular complexity index is 576. The highest BCUT2D eigenvalue weighted by molar-refractivity contribution is 8.14. The monoisotopic (exact) mass is 348 g/mol. The minimum absolute atomic E-state index is 0.0495. The fraction of sp³-hybridized carbons (Fsp3) is 0.632. The molecule has 24 heavy (non-hydrogen) atoms. The van der Waals surface area contributed by atoms with Gasteiger partial charge >= 0.3 is 0 Å². The zero-order chi connectivity index (χ0) is 17.3. The molecule has 0 saturated heterocycles. The predicted octanol–water partition coefficient (Wildman–Crippen LogP) is 3.01. The molecule has 0 aromatic heterocycles. The van der Waals surface area contributed by atoms with E-state index in [1.807, 2.05) is 51.0 Å². The van der Waals surface area contributed by atoms with Crippen molar-refractivity contribution in [1.82, 2.24) is 4.90 Å². The summed E-state index contributed by atoms with van der Waals surface area (Å²) in [5.74, 6) is 0.553. The summed E-state index contributed by atoms with van der Waals surface area (Å²) in [6, 6.07) is 10.5. The first-order chi connectivity index (χ1) is 11.5. The summed E-state index contributed by atoms with van der Waals surface area (Å²) in [6.07, 6.45) is 0.738. The number of fused-ring (bicyclic) bond motifs is 1. The van der Waals surface area contributed by atoms with E-state index in [2.05, 4.69) is 24.0 Å². The molecule has 1 N–H and O–H groups in total. The van der Waals surface area contributed by atoms with E-state index in [0.717, 1.165) is 11.6 Å². The van der Waals surface area contributed by atoms with Crippen molar-refractivity contribution in [3.63, 3.8) is 0 Å². The molecule has 1 aliphatic carbocycles. The van der Waals surface area contributed by atoms with Crippen LogP contribution in [0.15, 0.2) is 35.3 Å². The van der Waals surface area contributed by atoms with Gasteiger partial charge in [-0.3, -0.25) is 4.99 Å². The molecule has 0 amide bonds. The second kappa shape index (κ2) is 7.46. The van der Waals surface area contributed by atoms with Crippen molar-refractivity contribution in [2.24, 2.45) is 16.8 Å². The van der Waals surface area contributed by atoms with Crippen LogP contribution in [0.4, 0.5) is 0 Å². The second-order valence-electron chi connectivity index (χ2n) is 7.21. The van der Waals surface area contributed by atoms with Crippen LogP contribution < -0.4 is 0 Å². The Morgan fingerprint density at radius 2 is 2.04 bits per heavy atom. The summed E-state index contributed by atoms with van der Waals surface area (Å²) in [4.78, 5) is 7.03. The van der Waals surface area contributed by atoms with Crippen molar-refractivity contribution < 1.29 is 9.84 Å². The van der Waals surface area contributed by atoms with E-state index in [4.69, 9.17) is 9.73 Å². The van der Waals surface area contributed by atoms with Gasteiger partial charge in [0.25, 0.3) is 0 Å². The Hall–Kier alpha value is -1.04. The van der Waals surface area contributed by atoms with E-state index < -0.39 is 0 Å². The standard InChI is InChI=1S/C19H28N2O2S/c1-12-15(13(2)22)10-16-17(20-19(24-16)21(3)4)18(12)23-11-14-8-6-5-7-9-14/h5-9,12-13,15-18,22H,10-11H2,1-4H3/t12-,13?,15+,16+,17+,18+/m1/s1. The molecule has 1 fully saturated rings. The maximum absolute atomic E-state index is 10.2. The van der Waals surface area contributed by atoms with Crippen molar-refractivity contribution in [3.05, 3.63) is 35.9 Å². The first-order valence-corrected chi connectivity index (χ1v) is 9.60. The van der Waals surface area contributed by atoms with E-state index >= 15 is 0 Å². The molecule has 1 aromatic carbocycles. The van der Waals surface area contributed by atoms with Gasteiger partial charge in [0.1, 0.15) is 0 Å². The van der Waals surface area contributed by atoms with Crippen LogP contribution in [0, 0.1) is 11.8 Å². The smallest absolute Gasteiger partial charge is 0.159 e. The summed E-state index contributed by atoms with van der Waals surface area (Å²) < 4.78 is 6.35. The van der Waals surface area contributed by atoms with Gasteiger partial charge < -0.3 is 14.7 Å². The van der Waals surface area contributed by atoms with Crippen LogP contribution in [0.1, 0.15) is 25.8 Å². The van der Waals surface area contributed by atoms with E-state index in [1.54, 1.807) is 0 Å². The van der Waals surface area contributed by atoms with E-state index in [9.17, 15) is 5.11 Å². The maximum atomic E-state index is 10.2. The number of ether oxygens (including phenoxy) is 1. The quantitative estimate of drug-likeness (QED) is 0.908. The zero-order valence-electron chi connectivity index (χ0n) is 14.9. The Labute approximate surface area is 149 Å². The summed E-state index contributed by atoms with van der Waals surface area (Å²) in [5, 5.41) is 11.7. The average molecular weight is 349 g/mol. The molecule has 6 atom stereocenters. The number of amidine groups is 1. The molecule has 0 bridgehead atoms. The van der Waals surface area contributed by atoms with Crippen LogP contribution in [-0.4, -0.2) is 52.8 Å². The highest BCUT2D eigenvalue weighted by Gasteiger charge is 2.48. The van der Waals surface area contributed by atoms with Crippen LogP contribution in [0.5, 0.6) is 0 Å². The van der Waals surface area contributed by atoms with Crippen LogP contribution in [0.25, 0.3) is 0 Å². The molecule has 1 saturated carbocycles. The van der Waals surface area contributed by atoms with Gasteiger partial charge in [0.05, 0.1) is 24.9 Å². The van der Waals surface area contributed by atoms with E-state index in [-0.39, 0.29) is 24.2 Å². The number of nitrogens with zero attached hydrogens (tertiary/aromatic N) is 2. The third-order valence-corrected chi connectivity index (χ3v) is 6.67. The molecule has 4 nitrogen and oxygen atoms in total. The molecule has 5 heteroatoms. The van der Waals surface area contributed by atoms with Gasteiger partial charge in [0.2, 0.25) is 0 Å². The fourth-order valence-electron chi connectivity index (χ4n) is 3.83. The summed E-state index contributed by atoms with van der Waals surface area (Å²) >= 11 is 1.84. The topological polar surface area (TPSA) is 45.1 Å². The number of aliphatic imine (C=N–C) groups is 1. The highest BCUT2D eigenvalue weighted by atomic mass is 32.2. The Kier molecular flexibility index (Phi) is 5.52. The number of hydrogen-bond donors (Lipinski definition) is 1. The van der Waals surface area contributed by atoms with Crippen molar-refractivity contribution >= 4 is 16.9 Å². The molecule has 1 unspecified atom stereocenters. The van der Waals surface area contributed by atoms with Crippen LogP contribution in [0.2, 0.25) is 0 Å². The molecule has 0 radical (unpaired) electrons. The second-order valence-corrected chi connectivity index (χ2v) is 8.42. The Morgan fingerprint density at radius 1 is 1.33 bits per heavy atom. The van der Waals surface area contributed by atoms with Crippen molar-refractivity contribution in [1.29, 1.82) is 0 Å². The molecule has 1 aromatic rings. The van der Waals surface area contributed by atoms with Gasteiger partial charge in [-0.1, -0.05) is 49.0 Å². The van der Waals surface area contributed by atoms with Gasteiger partial charge in [0.15, 0.2) is 5.17 Å². The first-order valence-electron chi connectivity index (χ1n) is 8.72. The highest BCUT2D eigenvalue weighted by Crippen LogP contribution is 2.45. The van der Waals surface area contributed by atoms with Gasteiger partial charge in [-0.05, 0) is 30.7 Å². The predicted molar refractivity (Wildman–Crippen MR) is 100 cm³/mol. The molecule has 2 aliphatic rings. The minimum Gasteiger partial charge on any atom is -0.393 e. The number of hydrogen-bond acceptors (Lipinski definition) is 5. The lowest BCUT2D eigenvalue weighted by molar-refractivity contribution is -0.0678. The van der Waals surface area contributed by atoms with Gasteiger partial charge in [-0.15, -0.1) is 0 Å². The molecule has 0 spiro atoms. The Balaban J connectivity index is 1.78. The number of benzene rings is 1. The lowest BCUT2D eigenvalue weighted by Gasteiger charge is -2.42. The first kappa shape index (κ1) is 17.8. The SMILES string of the molecule is CC(O)[C@H]1C[C@@H]2SC(N(C)C)=N[C@@H]2[C@@H](OCc2ccccc2)[C@@H]1C. The normalized spacial score (nSPS) is 33.7. The van der Waals surface area contributed by atoms with Gasteiger partial charge in [-0.2, -0.15) is 0 Å². The van der Waals surface area contributed by atoms with Gasteiger partial charge in [-0.25, -0.2) is 0 Å². The largest absolute Gasteiger partial charge is 0.393 e. The molecule has 1 heterocycles. The Morgan fingerprint density at radius 3 is 2.67 bits per heavy atom. The molecule has 3 rings (SSSR count). The maximum Gasteiger partial charge on any atom is 0.159 e. The molecular formula is C19H28N2O2S. The number of aliphatic hydroxyl groups excluding tert-OH is 1. The molecule has 132 valence electrons. The van der Waals surface area contributed by atoms with Crippen LogP contribution in [-0.2, 0) is 11.3 Å². The van der Waals surface area contributed by atoms with Crippen LogP contribution >= 0.6 is 11.8 Å². The van der Waals surface area contributed by atoms with E-state index in [1.165, 1.54) is 5.56 Å². The third kappa shape index (κ3) is 3.63. The lowest BCUT2D eigenvalue weighted by atomic mass is 9.73. The summed E-state index contributed by atoms with van der Waals surface area (Å²) in [6.45, 7) is 4.71. The van der Waals surface area contributed by atoms with Crippen molar-refractivity contribution in [2.75, 3.05) is 14.1 Å². The fourth-order valence-corrected chi connectivity index (χ4v) is 5.17. The average Bonchev–Trinajstić information content (AvgIpc) is 2.98. The third-order valence-electron chi connectivity index (χ3n) is 5.22. The summed E-state index contributed by atoms with van der Waals surface area (Å²) in [7, 11) is 4.08.